The molecule has 0 aliphatic rings. The van der Waals surface area contributed by atoms with Crippen LogP contribution >= 0.6 is 0 Å². The normalized spacial score (nSPS) is 11.0. The molecule has 5 nitrogen and oxygen atoms in total. The first-order chi connectivity index (χ1) is 14.6. The second kappa shape index (κ2) is 8.49. The summed E-state index contributed by atoms with van der Waals surface area (Å²) in [5.74, 6) is 0.799. The lowest BCUT2D eigenvalue weighted by Gasteiger charge is -2.11. The van der Waals surface area contributed by atoms with Gasteiger partial charge in [-0.25, -0.2) is 0 Å². The summed E-state index contributed by atoms with van der Waals surface area (Å²) in [6.07, 6.45) is 4.10. The van der Waals surface area contributed by atoms with Gasteiger partial charge in [-0.2, -0.15) is 0 Å². The van der Waals surface area contributed by atoms with Crippen LogP contribution in [0.25, 0.3) is 17.0 Å². The number of ether oxygens (including phenoxy) is 1. The average Bonchev–Trinajstić information content (AvgIpc) is 2.76. The lowest BCUT2D eigenvalue weighted by molar-refractivity contribution is -0.111. The molecule has 3 aromatic carbocycles. The zero-order chi connectivity index (χ0) is 20.9. The summed E-state index contributed by atoms with van der Waals surface area (Å²) in [7, 11) is 0. The first-order valence-electron chi connectivity index (χ1n) is 9.43. The molecule has 30 heavy (non-hydrogen) atoms. The summed E-state index contributed by atoms with van der Waals surface area (Å²) in [4.78, 5) is 25.1. The van der Waals surface area contributed by atoms with Gasteiger partial charge in [0.25, 0.3) is 0 Å². The number of rotatable bonds is 5. The van der Waals surface area contributed by atoms with E-state index in [-0.39, 0.29) is 11.3 Å². The Morgan fingerprint density at radius 1 is 1.00 bits per heavy atom. The van der Waals surface area contributed by atoms with Crippen molar-refractivity contribution in [3.05, 3.63) is 106 Å². The number of fused-ring (bicyclic) bond motifs is 1. The van der Waals surface area contributed by atoms with Crippen molar-refractivity contribution in [2.24, 2.45) is 0 Å². The highest BCUT2D eigenvalue weighted by atomic mass is 16.5. The Morgan fingerprint density at radius 2 is 1.77 bits per heavy atom. The molecular weight excluding hydrogens is 378 g/mol. The van der Waals surface area contributed by atoms with Crippen molar-refractivity contribution in [1.82, 2.24) is 0 Å². The van der Waals surface area contributed by atoms with Crippen LogP contribution in [-0.4, -0.2) is 5.91 Å². The molecule has 0 aliphatic heterocycles. The smallest absolute Gasteiger partial charge is 0.248 e. The van der Waals surface area contributed by atoms with Gasteiger partial charge in [-0.05, 0) is 49.4 Å². The minimum absolute atomic E-state index is 0.184. The highest BCUT2D eigenvalue weighted by Gasteiger charge is 2.08. The molecule has 1 aromatic heterocycles. The predicted molar refractivity (Wildman–Crippen MR) is 118 cm³/mol. The van der Waals surface area contributed by atoms with E-state index in [9.17, 15) is 9.59 Å². The molecule has 0 bridgehead atoms. The maximum absolute atomic E-state index is 12.6. The molecule has 148 valence electrons. The van der Waals surface area contributed by atoms with E-state index in [0.717, 1.165) is 5.56 Å². The standard InChI is InChI=1S/C25H19NO4/c1-17-11-13-22-20(15-17)25(28)18(16-29-22)12-14-24(27)26-21-9-5-6-10-23(21)30-19-7-3-2-4-8-19/h2-16H,1H3,(H,26,27)/b14-12+. The Bertz CT molecular complexity index is 1290. The van der Waals surface area contributed by atoms with Gasteiger partial charge in [-0.3, -0.25) is 9.59 Å². The minimum Gasteiger partial charge on any atom is -0.463 e. The number of amides is 1. The van der Waals surface area contributed by atoms with Gasteiger partial charge < -0.3 is 14.5 Å². The largest absolute Gasteiger partial charge is 0.463 e. The van der Waals surface area contributed by atoms with Gasteiger partial charge in [0.1, 0.15) is 17.6 Å². The van der Waals surface area contributed by atoms with Gasteiger partial charge in [-0.15, -0.1) is 0 Å². The van der Waals surface area contributed by atoms with Crippen molar-refractivity contribution in [2.75, 3.05) is 5.32 Å². The van der Waals surface area contributed by atoms with Crippen LogP contribution in [0.1, 0.15) is 11.1 Å². The van der Waals surface area contributed by atoms with Gasteiger partial charge in [0.05, 0.1) is 16.6 Å². The molecule has 0 spiro atoms. The molecule has 0 fully saturated rings. The number of nitrogens with one attached hydrogen (secondary N) is 1. The zero-order valence-electron chi connectivity index (χ0n) is 16.3. The second-order valence-corrected chi connectivity index (χ2v) is 6.75. The predicted octanol–water partition coefficient (Wildman–Crippen LogP) is 5.55. The molecule has 0 radical (unpaired) electrons. The summed E-state index contributed by atoms with van der Waals surface area (Å²) in [6, 6.07) is 21.9. The highest BCUT2D eigenvalue weighted by Crippen LogP contribution is 2.29. The first kappa shape index (κ1) is 19.2. The Kier molecular flexibility index (Phi) is 5.44. The Balaban J connectivity index is 1.53. The fourth-order valence-corrected chi connectivity index (χ4v) is 2.99. The van der Waals surface area contributed by atoms with Crippen LogP contribution in [0.2, 0.25) is 0 Å². The molecule has 4 aromatic rings. The SMILES string of the molecule is Cc1ccc2occ(/C=C/C(=O)Nc3ccccc3Oc3ccccc3)c(=O)c2c1. The molecule has 0 saturated heterocycles. The van der Waals surface area contributed by atoms with E-state index in [1.165, 1.54) is 18.4 Å². The third-order valence-electron chi connectivity index (χ3n) is 4.48. The number of benzene rings is 3. The number of carbonyl (C=O) groups excluding carboxylic acids is 1. The van der Waals surface area contributed by atoms with Crippen LogP contribution in [0, 0.1) is 6.92 Å². The molecule has 1 N–H and O–H groups in total. The van der Waals surface area contributed by atoms with E-state index < -0.39 is 0 Å². The topological polar surface area (TPSA) is 68.5 Å². The molecule has 1 amide bonds. The number of para-hydroxylation sites is 3. The number of anilines is 1. The van der Waals surface area contributed by atoms with Crippen LogP contribution in [-0.2, 0) is 4.79 Å². The molecule has 0 aliphatic carbocycles. The minimum atomic E-state index is -0.386. The number of hydrogen-bond donors (Lipinski definition) is 1. The Hall–Kier alpha value is -4.12. The quantitative estimate of drug-likeness (QED) is 0.449. The van der Waals surface area contributed by atoms with E-state index in [2.05, 4.69) is 5.32 Å². The summed E-state index contributed by atoms with van der Waals surface area (Å²) in [5.41, 5.74) is 2.12. The maximum atomic E-state index is 12.6. The highest BCUT2D eigenvalue weighted by molar-refractivity contribution is 6.02. The monoisotopic (exact) mass is 397 g/mol. The van der Waals surface area contributed by atoms with Gasteiger partial charge in [0, 0.05) is 6.08 Å². The maximum Gasteiger partial charge on any atom is 0.248 e. The van der Waals surface area contributed by atoms with Gasteiger partial charge >= 0.3 is 0 Å². The van der Waals surface area contributed by atoms with Crippen molar-refractivity contribution in [2.45, 2.75) is 6.92 Å². The van der Waals surface area contributed by atoms with Crippen LogP contribution in [0.3, 0.4) is 0 Å². The van der Waals surface area contributed by atoms with E-state index in [0.29, 0.717) is 33.7 Å². The second-order valence-electron chi connectivity index (χ2n) is 6.75. The molecule has 0 atom stereocenters. The van der Waals surface area contributed by atoms with Crippen LogP contribution in [0.5, 0.6) is 11.5 Å². The lowest BCUT2D eigenvalue weighted by Crippen LogP contribution is -2.10. The van der Waals surface area contributed by atoms with E-state index >= 15 is 0 Å². The average molecular weight is 397 g/mol. The van der Waals surface area contributed by atoms with E-state index in [1.807, 2.05) is 49.4 Å². The van der Waals surface area contributed by atoms with Crippen LogP contribution < -0.4 is 15.5 Å². The van der Waals surface area contributed by atoms with Gasteiger partial charge in [-0.1, -0.05) is 42.0 Å². The van der Waals surface area contributed by atoms with Crippen molar-refractivity contribution in [1.29, 1.82) is 0 Å². The Labute approximate surface area is 173 Å². The third-order valence-corrected chi connectivity index (χ3v) is 4.48. The van der Waals surface area contributed by atoms with Gasteiger partial charge in [0.2, 0.25) is 5.91 Å². The summed E-state index contributed by atoms with van der Waals surface area (Å²) >= 11 is 0. The van der Waals surface area contributed by atoms with E-state index in [4.69, 9.17) is 9.15 Å². The fraction of sp³-hybridized carbons (Fsp3) is 0.0400. The fourth-order valence-electron chi connectivity index (χ4n) is 2.99. The van der Waals surface area contributed by atoms with Crippen molar-refractivity contribution < 1.29 is 13.9 Å². The van der Waals surface area contributed by atoms with Crippen molar-refractivity contribution >= 4 is 28.6 Å². The van der Waals surface area contributed by atoms with E-state index in [1.54, 1.807) is 30.3 Å². The molecular formula is C25H19NO4. The van der Waals surface area contributed by atoms with Crippen LogP contribution in [0.15, 0.2) is 94.3 Å². The number of aryl methyl sites for hydroxylation is 1. The molecule has 4 rings (SSSR count). The van der Waals surface area contributed by atoms with Gasteiger partial charge in [0.15, 0.2) is 11.2 Å². The summed E-state index contributed by atoms with van der Waals surface area (Å²) < 4.78 is 11.4. The molecule has 1 heterocycles. The number of carbonyl (C=O) groups is 1. The summed E-state index contributed by atoms with van der Waals surface area (Å²) in [6.45, 7) is 1.91. The number of hydrogen-bond acceptors (Lipinski definition) is 4. The summed E-state index contributed by atoms with van der Waals surface area (Å²) in [5, 5.41) is 3.27. The van der Waals surface area contributed by atoms with Crippen molar-refractivity contribution in [3.63, 3.8) is 0 Å². The zero-order valence-corrected chi connectivity index (χ0v) is 16.3. The first-order valence-corrected chi connectivity index (χ1v) is 9.43. The van der Waals surface area contributed by atoms with Crippen LogP contribution in [0.4, 0.5) is 5.69 Å². The van der Waals surface area contributed by atoms with Crippen molar-refractivity contribution in [3.8, 4) is 11.5 Å². The molecule has 5 heteroatoms. The molecule has 0 saturated carbocycles. The Morgan fingerprint density at radius 3 is 2.60 bits per heavy atom. The molecule has 0 unspecified atom stereocenters. The third kappa shape index (κ3) is 4.31. The lowest BCUT2D eigenvalue weighted by atomic mass is 10.1.